The number of halogens is 4. The maximum absolute atomic E-state index is 13.0. The third-order valence-corrected chi connectivity index (χ3v) is 3.58. The van der Waals surface area contributed by atoms with Crippen molar-refractivity contribution in [1.82, 2.24) is 0 Å². The third-order valence-electron chi connectivity index (χ3n) is 2.52. The van der Waals surface area contributed by atoms with Crippen LogP contribution in [-0.4, -0.2) is 37.6 Å². The summed E-state index contributed by atoms with van der Waals surface area (Å²) >= 11 is 1.60. The summed E-state index contributed by atoms with van der Waals surface area (Å²) < 4.78 is 53.3. The molecule has 0 spiro atoms. The maximum atomic E-state index is 13.0. The molecule has 0 amide bonds. The van der Waals surface area contributed by atoms with Crippen LogP contribution in [0.5, 0.6) is 0 Å². The average Bonchev–Trinajstić information content (AvgIpc) is 2.51. The molecular weight excluding hydrogens is 368 g/mol. The summed E-state index contributed by atoms with van der Waals surface area (Å²) in [6.45, 7) is 2.44. The van der Waals surface area contributed by atoms with E-state index in [-0.39, 0.29) is 10.2 Å². The lowest BCUT2D eigenvalue weighted by molar-refractivity contribution is -0.275. The van der Waals surface area contributed by atoms with Crippen molar-refractivity contribution in [3.05, 3.63) is 9.34 Å². The summed E-state index contributed by atoms with van der Waals surface area (Å²) in [6.07, 6.45) is -6.05. The second-order valence-electron chi connectivity index (χ2n) is 3.72. The lowest BCUT2D eigenvalue weighted by Crippen LogP contribution is -2.51. The summed E-state index contributed by atoms with van der Waals surface area (Å²) in [4.78, 5) is 11.5. The van der Waals surface area contributed by atoms with Gasteiger partial charge in [0.1, 0.15) is 6.10 Å². The Balaban J connectivity index is 3.12. The zero-order valence-electron chi connectivity index (χ0n) is 9.93. The van der Waals surface area contributed by atoms with Gasteiger partial charge >= 0.3 is 12.1 Å². The summed E-state index contributed by atoms with van der Waals surface area (Å²) in [5.74, 6) is -1.36. The second kappa shape index (κ2) is 5.24. The molecule has 0 aliphatic carbocycles. The first kappa shape index (κ1) is 15.5. The fourth-order valence-corrected chi connectivity index (χ4v) is 2.72. The van der Waals surface area contributed by atoms with Crippen molar-refractivity contribution in [2.45, 2.75) is 31.7 Å². The minimum Gasteiger partial charge on any atom is -0.467 e. The van der Waals surface area contributed by atoms with Crippen molar-refractivity contribution in [3.8, 4) is 0 Å². The zero-order valence-corrected chi connectivity index (χ0v) is 12.1. The summed E-state index contributed by atoms with van der Waals surface area (Å²) in [5, 5.41) is 0. The lowest BCUT2D eigenvalue weighted by atomic mass is 10.00. The Kier molecular flexibility index (Phi) is 4.52. The van der Waals surface area contributed by atoms with Crippen molar-refractivity contribution in [2.24, 2.45) is 0 Å². The molecular formula is C10H12F3IO4. The van der Waals surface area contributed by atoms with Crippen LogP contribution in [0.25, 0.3) is 0 Å². The highest BCUT2D eigenvalue weighted by Gasteiger charge is 2.64. The molecule has 0 radical (unpaired) electrons. The van der Waals surface area contributed by atoms with Gasteiger partial charge in [-0.25, -0.2) is 4.79 Å². The van der Waals surface area contributed by atoms with Crippen molar-refractivity contribution in [2.75, 3.05) is 13.7 Å². The number of rotatable bonds is 3. The van der Waals surface area contributed by atoms with Crippen molar-refractivity contribution < 1.29 is 32.2 Å². The zero-order chi connectivity index (χ0) is 14.1. The first-order valence-corrected chi connectivity index (χ1v) is 6.12. The van der Waals surface area contributed by atoms with E-state index in [2.05, 4.69) is 4.74 Å². The highest BCUT2D eigenvalue weighted by atomic mass is 127. The number of hydrogen-bond donors (Lipinski definition) is 0. The van der Waals surface area contributed by atoms with Crippen LogP contribution in [0.2, 0.25) is 0 Å². The standard InChI is InChI=1S/C10H12F3IO4/c1-4-17-8(15)6-5(14)7(16-3)9(2,18-6)10(11,12)13/h7H,4H2,1-3H3. The molecule has 1 aliphatic rings. The van der Waals surface area contributed by atoms with Gasteiger partial charge in [0.15, 0.2) is 0 Å². The number of esters is 1. The number of methoxy groups -OCH3 is 1. The number of alkyl halides is 3. The van der Waals surface area contributed by atoms with Crippen LogP contribution < -0.4 is 0 Å². The Morgan fingerprint density at radius 2 is 2.11 bits per heavy atom. The van der Waals surface area contributed by atoms with Crippen LogP contribution in [-0.2, 0) is 19.0 Å². The van der Waals surface area contributed by atoms with Gasteiger partial charge in [-0.1, -0.05) is 0 Å². The van der Waals surface area contributed by atoms with Crippen LogP contribution in [0.4, 0.5) is 13.2 Å². The van der Waals surface area contributed by atoms with Gasteiger partial charge in [0.2, 0.25) is 11.4 Å². The van der Waals surface area contributed by atoms with Crippen LogP contribution >= 0.6 is 22.6 Å². The van der Waals surface area contributed by atoms with Gasteiger partial charge in [0, 0.05) is 7.11 Å². The average molecular weight is 380 g/mol. The predicted molar refractivity (Wildman–Crippen MR) is 64.0 cm³/mol. The van der Waals surface area contributed by atoms with E-state index in [0.29, 0.717) is 0 Å². The van der Waals surface area contributed by atoms with E-state index in [4.69, 9.17) is 9.47 Å². The van der Waals surface area contributed by atoms with Crippen LogP contribution in [0.3, 0.4) is 0 Å². The molecule has 0 N–H and O–H groups in total. The van der Waals surface area contributed by atoms with E-state index in [1.807, 2.05) is 0 Å². The molecule has 0 aromatic carbocycles. The monoisotopic (exact) mass is 380 g/mol. The summed E-state index contributed by atoms with van der Waals surface area (Å²) in [7, 11) is 1.13. The topological polar surface area (TPSA) is 44.8 Å². The largest absolute Gasteiger partial charge is 0.467 e. The quantitative estimate of drug-likeness (QED) is 0.558. The molecule has 0 saturated heterocycles. The van der Waals surface area contributed by atoms with E-state index in [9.17, 15) is 18.0 Å². The van der Waals surface area contributed by atoms with Crippen molar-refractivity contribution >= 4 is 28.6 Å². The molecule has 1 heterocycles. The highest BCUT2D eigenvalue weighted by molar-refractivity contribution is 14.1. The lowest BCUT2D eigenvalue weighted by Gasteiger charge is -2.32. The third kappa shape index (κ3) is 2.44. The normalized spacial score (nSPS) is 28.3. The molecule has 0 aromatic heterocycles. The van der Waals surface area contributed by atoms with Gasteiger partial charge in [-0.15, -0.1) is 0 Å². The van der Waals surface area contributed by atoms with E-state index in [1.54, 1.807) is 29.5 Å². The fraction of sp³-hybridized carbons (Fsp3) is 0.700. The van der Waals surface area contributed by atoms with Crippen LogP contribution in [0.15, 0.2) is 9.34 Å². The van der Waals surface area contributed by atoms with Crippen LogP contribution in [0, 0.1) is 0 Å². The van der Waals surface area contributed by atoms with E-state index in [0.717, 1.165) is 14.0 Å². The molecule has 18 heavy (non-hydrogen) atoms. The summed E-state index contributed by atoms with van der Waals surface area (Å²) in [5.41, 5.74) is -2.58. The smallest absolute Gasteiger partial charge is 0.430 e. The second-order valence-corrected chi connectivity index (χ2v) is 4.88. The number of hydrogen-bond acceptors (Lipinski definition) is 4. The van der Waals surface area contributed by atoms with Gasteiger partial charge < -0.3 is 14.2 Å². The van der Waals surface area contributed by atoms with Crippen molar-refractivity contribution in [1.29, 1.82) is 0 Å². The summed E-state index contributed by atoms with van der Waals surface area (Å²) in [6, 6.07) is 0. The number of ether oxygens (including phenoxy) is 3. The Hall–Kier alpha value is -0.510. The van der Waals surface area contributed by atoms with Gasteiger partial charge in [0.05, 0.1) is 10.2 Å². The first-order chi connectivity index (χ1) is 8.19. The molecule has 2 unspecified atom stereocenters. The van der Waals surface area contributed by atoms with E-state index in [1.165, 1.54) is 0 Å². The van der Waals surface area contributed by atoms with E-state index < -0.39 is 29.6 Å². The molecule has 0 aromatic rings. The highest BCUT2D eigenvalue weighted by Crippen LogP contribution is 2.48. The molecule has 0 bridgehead atoms. The molecule has 1 rings (SSSR count). The number of carbonyl (C=O) groups excluding carboxylic acids is 1. The van der Waals surface area contributed by atoms with Gasteiger partial charge in [-0.3, -0.25) is 0 Å². The molecule has 0 saturated carbocycles. The molecule has 4 nitrogen and oxygen atoms in total. The SMILES string of the molecule is CCOC(=O)C1=C(I)C(OC)C(C)(C(F)(F)F)O1. The molecule has 0 fully saturated rings. The fourth-order valence-electron chi connectivity index (χ4n) is 1.55. The molecule has 2 atom stereocenters. The molecule has 8 heteroatoms. The Morgan fingerprint density at radius 1 is 1.56 bits per heavy atom. The number of carbonyl (C=O) groups is 1. The first-order valence-electron chi connectivity index (χ1n) is 5.04. The van der Waals surface area contributed by atoms with Crippen molar-refractivity contribution in [3.63, 3.8) is 0 Å². The Labute approximate surface area is 116 Å². The van der Waals surface area contributed by atoms with Gasteiger partial charge in [-0.05, 0) is 36.4 Å². The predicted octanol–water partition coefficient (Wildman–Crippen LogP) is 2.56. The Morgan fingerprint density at radius 3 is 2.44 bits per heavy atom. The van der Waals surface area contributed by atoms with Crippen LogP contribution in [0.1, 0.15) is 13.8 Å². The Bertz CT molecular complexity index is 380. The minimum absolute atomic E-state index is 0.0494. The minimum atomic E-state index is -4.67. The van der Waals surface area contributed by atoms with E-state index >= 15 is 0 Å². The van der Waals surface area contributed by atoms with Gasteiger partial charge in [0.25, 0.3) is 0 Å². The molecule has 1 aliphatic heterocycles. The van der Waals surface area contributed by atoms with Gasteiger partial charge in [-0.2, -0.15) is 13.2 Å². The molecule has 104 valence electrons. The maximum Gasteiger partial charge on any atom is 0.430 e.